The Morgan fingerprint density at radius 3 is 3.05 bits per heavy atom. The Morgan fingerprint density at radius 1 is 1.50 bits per heavy atom. The van der Waals surface area contributed by atoms with E-state index in [2.05, 4.69) is 34.3 Å². The summed E-state index contributed by atoms with van der Waals surface area (Å²) in [4.78, 5) is 15.8. The van der Waals surface area contributed by atoms with Gasteiger partial charge in [0.2, 0.25) is 0 Å². The van der Waals surface area contributed by atoms with Crippen LogP contribution in [0.15, 0.2) is 10.9 Å². The van der Waals surface area contributed by atoms with Crippen molar-refractivity contribution < 1.29 is 4.74 Å². The van der Waals surface area contributed by atoms with E-state index in [1.807, 2.05) is 0 Å². The molecule has 0 atom stereocenters. The maximum Gasteiger partial charge on any atom is 0.349 e. The van der Waals surface area contributed by atoms with Crippen LogP contribution in [-0.4, -0.2) is 39.3 Å². The van der Waals surface area contributed by atoms with E-state index >= 15 is 0 Å². The summed E-state index contributed by atoms with van der Waals surface area (Å²) in [7, 11) is 0. The van der Waals surface area contributed by atoms with Gasteiger partial charge in [0, 0.05) is 25.8 Å². The van der Waals surface area contributed by atoms with Crippen molar-refractivity contribution in [2.45, 2.75) is 27.2 Å². The highest BCUT2D eigenvalue weighted by atomic mass is 16.5. The molecule has 0 fully saturated rings. The second-order valence-electron chi connectivity index (χ2n) is 5.16. The van der Waals surface area contributed by atoms with Gasteiger partial charge in [-0.3, -0.25) is 0 Å². The van der Waals surface area contributed by atoms with Crippen LogP contribution in [0, 0.1) is 12.8 Å². The Bertz CT molecular complexity index is 617. The second-order valence-corrected chi connectivity index (χ2v) is 5.16. The van der Waals surface area contributed by atoms with Crippen LogP contribution in [0.5, 0.6) is 0 Å². The lowest BCUT2D eigenvalue weighted by molar-refractivity contribution is 0.110. The lowest BCUT2D eigenvalue weighted by Gasteiger charge is -2.08. The molecule has 0 saturated carbocycles. The van der Waals surface area contributed by atoms with Gasteiger partial charge in [0.25, 0.3) is 0 Å². The highest BCUT2D eigenvalue weighted by Crippen LogP contribution is 2.07. The number of aryl methyl sites for hydroxylation is 1. The van der Waals surface area contributed by atoms with E-state index < -0.39 is 0 Å². The minimum atomic E-state index is -0.265. The molecule has 0 bridgehead atoms. The normalized spacial score (nSPS) is 11.4. The van der Waals surface area contributed by atoms with Gasteiger partial charge in [-0.05, 0) is 19.3 Å². The third-order valence-electron chi connectivity index (χ3n) is 2.79. The van der Waals surface area contributed by atoms with Crippen LogP contribution >= 0.6 is 0 Å². The molecule has 0 amide bonds. The lowest BCUT2D eigenvalue weighted by Crippen LogP contribution is -2.15. The summed E-state index contributed by atoms with van der Waals surface area (Å²) in [6.45, 7) is 8.34. The largest absolute Gasteiger partial charge is 0.381 e. The van der Waals surface area contributed by atoms with Crippen molar-refractivity contribution in [2.24, 2.45) is 5.92 Å². The van der Waals surface area contributed by atoms with Crippen LogP contribution in [0.2, 0.25) is 0 Å². The van der Waals surface area contributed by atoms with Crippen LogP contribution in [0.4, 0.5) is 5.82 Å². The predicted molar refractivity (Wildman–Crippen MR) is 77.1 cm³/mol. The van der Waals surface area contributed by atoms with Gasteiger partial charge >= 0.3 is 5.69 Å². The molecule has 2 aromatic heterocycles. The third-order valence-corrected chi connectivity index (χ3v) is 2.79. The Morgan fingerprint density at radius 2 is 2.30 bits per heavy atom. The molecule has 2 N–H and O–H groups in total. The molecule has 0 aliphatic rings. The molecule has 110 valence electrons. The molecule has 20 heavy (non-hydrogen) atoms. The molecule has 7 nitrogen and oxygen atoms in total. The first-order valence-electron chi connectivity index (χ1n) is 6.84. The number of hydrogen-bond donors (Lipinski definition) is 2. The van der Waals surface area contributed by atoms with Gasteiger partial charge in [-0.25, -0.2) is 19.3 Å². The number of fused-ring (bicyclic) bond motifs is 1. The predicted octanol–water partition coefficient (Wildman–Crippen LogP) is 1.20. The molecule has 2 heterocycles. The number of hydrogen-bond acceptors (Lipinski definition) is 5. The third kappa shape index (κ3) is 3.57. The molecule has 0 aromatic carbocycles. The number of aromatic amines is 1. The summed E-state index contributed by atoms with van der Waals surface area (Å²) in [5.74, 6) is 1.89. The Kier molecular flexibility index (Phi) is 4.73. The van der Waals surface area contributed by atoms with Crippen molar-refractivity contribution in [1.29, 1.82) is 0 Å². The summed E-state index contributed by atoms with van der Waals surface area (Å²) >= 11 is 0. The quantitative estimate of drug-likeness (QED) is 0.744. The van der Waals surface area contributed by atoms with E-state index in [1.54, 1.807) is 13.0 Å². The summed E-state index contributed by atoms with van der Waals surface area (Å²) in [6.07, 6.45) is 0.909. The lowest BCUT2D eigenvalue weighted by atomic mass is 10.2. The first-order chi connectivity index (χ1) is 9.58. The average molecular weight is 279 g/mol. The van der Waals surface area contributed by atoms with E-state index in [-0.39, 0.29) is 5.69 Å². The van der Waals surface area contributed by atoms with Crippen LogP contribution in [0.3, 0.4) is 0 Å². The van der Waals surface area contributed by atoms with Gasteiger partial charge in [0.1, 0.15) is 11.6 Å². The van der Waals surface area contributed by atoms with Crippen molar-refractivity contribution >= 4 is 11.5 Å². The summed E-state index contributed by atoms with van der Waals surface area (Å²) < 4.78 is 6.95. The molecular weight excluding hydrogens is 258 g/mol. The van der Waals surface area contributed by atoms with Gasteiger partial charge in [-0.1, -0.05) is 13.8 Å². The molecule has 0 spiro atoms. The maximum absolute atomic E-state index is 11.5. The minimum absolute atomic E-state index is 0.265. The van der Waals surface area contributed by atoms with Gasteiger partial charge in [-0.2, -0.15) is 5.10 Å². The van der Waals surface area contributed by atoms with E-state index in [4.69, 9.17) is 4.74 Å². The number of anilines is 1. The zero-order valence-electron chi connectivity index (χ0n) is 12.1. The fraction of sp³-hybridized carbons (Fsp3) is 0.615. The topological polar surface area (TPSA) is 84.3 Å². The van der Waals surface area contributed by atoms with Gasteiger partial charge < -0.3 is 10.1 Å². The van der Waals surface area contributed by atoms with Crippen LogP contribution in [0.25, 0.3) is 5.65 Å². The number of H-pyrrole nitrogens is 1. The zero-order chi connectivity index (χ0) is 14.5. The highest BCUT2D eigenvalue weighted by Gasteiger charge is 2.06. The first-order valence-corrected chi connectivity index (χ1v) is 6.84. The van der Waals surface area contributed by atoms with Crippen molar-refractivity contribution in [1.82, 2.24) is 19.6 Å². The zero-order valence-corrected chi connectivity index (χ0v) is 12.1. The SMILES string of the molecule is Cc1nc(NCCCOCC(C)C)cc2n[nH]c(=O)n12. The van der Waals surface area contributed by atoms with Crippen molar-refractivity contribution in [3.05, 3.63) is 22.4 Å². The summed E-state index contributed by atoms with van der Waals surface area (Å²) in [5.41, 5.74) is 0.305. The smallest absolute Gasteiger partial charge is 0.349 e. The van der Waals surface area contributed by atoms with Crippen molar-refractivity contribution in [3.63, 3.8) is 0 Å². The van der Waals surface area contributed by atoms with E-state index in [9.17, 15) is 4.79 Å². The standard InChI is InChI=1S/C13H21N5O2/c1-9(2)8-20-6-4-5-14-11-7-12-16-17-13(19)18(12)10(3)15-11/h7,9,14H,4-6,8H2,1-3H3,(H,17,19). The molecule has 2 aromatic rings. The minimum Gasteiger partial charge on any atom is -0.381 e. The second kappa shape index (κ2) is 6.51. The fourth-order valence-corrected chi connectivity index (χ4v) is 1.90. The molecular formula is C13H21N5O2. The summed E-state index contributed by atoms with van der Waals surface area (Å²) in [5, 5.41) is 9.56. The van der Waals surface area contributed by atoms with E-state index in [0.717, 1.165) is 32.0 Å². The number of ether oxygens (including phenoxy) is 1. The van der Waals surface area contributed by atoms with Crippen molar-refractivity contribution in [3.8, 4) is 0 Å². The molecule has 0 radical (unpaired) electrons. The maximum atomic E-state index is 11.5. The Hall–Kier alpha value is -1.89. The number of nitrogens with one attached hydrogen (secondary N) is 2. The number of nitrogens with zero attached hydrogens (tertiary/aromatic N) is 3. The molecule has 0 unspecified atom stereocenters. The molecule has 2 rings (SSSR count). The molecule has 0 aliphatic heterocycles. The molecule has 7 heteroatoms. The van der Waals surface area contributed by atoms with Gasteiger partial charge in [0.05, 0.1) is 0 Å². The molecule has 0 saturated heterocycles. The monoisotopic (exact) mass is 279 g/mol. The number of rotatable bonds is 7. The van der Waals surface area contributed by atoms with Crippen LogP contribution < -0.4 is 11.0 Å². The summed E-state index contributed by atoms with van der Waals surface area (Å²) in [6, 6.07) is 1.75. The van der Waals surface area contributed by atoms with Gasteiger partial charge in [-0.15, -0.1) is 0 Å². The van der Waals surface area contributed by atoms with E-state index in [1.165, 1.54) is 4.40 Å². The van der Waals surface area contributed by atoms with E-state index in [0.29, 0.717) is 17.4 Å². The van der Waals surface area contributed by atoms with Crippen molar-refractivity contribution in [2.75, 3.05) is 25.1 Å². The average Bonchev–Trinajstić information content (AvgIpc) is 2.75. The fourth-order valence-electron chi connectivity index (χ4n) is 1.90. The van der Waals surface area contributed by atoms with Crippen LogP contribution in [0.1, 0.15) is 26.1 Å². The number of aromatic nitrogens is 4. The Labute approximate surface area is 117 Å². The highest BCUT2D eigenvalue weighted by molar-refractivity contribution is 5.49. The molecule has 0 aliphatic carbocycles. The first kappa shape index (κ1) is 14.5. The van der Waals surface area contributed by atoms with Crippen LogP contribution in [-0.2, 0) is 4.74 Å². The Balaban J connectivity index is 1.86. The van der Waals surface area contributed by atoms with Gasteiger partial charge in [0.15, 0.2) is 5.65 Å².